The van der Waals surface area contributed by atoms with Crippen LogP contribution in [-0.4, -0.2) is 28.2 Å². The number of sulfonamides is 1. The number of nitrogens with zero attached hydrogens (tertiary/aromatic N) is 1. The first kappa shape index (κ1) is 17.6. The Morgan fingerprint density at radius 3 is 2.52 bits per heavy atom. The van der Waals surface area contributed by atoms with Gasteiger partial charge in [0, 0.05) is 19.8 Å². The topological polar surface area (TPSA) is 79.2 Å². The minimum Gasteiger partial charge on any atom is -0.381 e. The average molecular weight is 310 g/mol. The van der Waals surface area contributed by atoms with Gasteiger partial charge < -0.3 is 4.74 Å². The monoisotopic (exact) mass is 310 g/mol. The van der Waals surface area contributed by atoms with Crippen LogP contribution in [0.5, 0.6) is 0 Å². The number of hydrogen-bond acceptors (Lipinski definition) is 4. The number of ether oxygens (including phenoxy) is 1. The van der Waals surface area contributed by atoms with Crippen molar-refractivity contribution in [3.8, 4) is 6.07 Å². The van der Waals surface area contributed by atoms with Gasteiger partial charge in [0.1, 0.15) is 0 Å². The van der Waals surface area contributed by atoms with Crippen molar-refractivity contribution in [3.63, 3.8) is 0 Å². The van der Waals surface area contributed by atoms with Crippen LogP contribution in [0.1, 0.15) is 25.8 Å². The molecule has 0 amide bonds. The zero-order valence-electron chi connectivity index (χ0n) is 12.5. The molecule has 0 saturated carbocycles. The van der Waals surface area contributed by atoms with E-state index in [1.54, 1.807) is 12.1 Å². The quantitative estimate of drug-likeness (QED) is 0.708. The van der Waals surface area contributed by atoms with Crippen LogP contribution in [0.3, 0.4) is 0 Å². The van der Waals surface area contributed by atoms with Crippen LogP contribution in [0.2, 0.25) is 0 Å². The van der Waals surface area contributed by atoms with Crippen molar-refractivity contribution >= 4 is 10.0 Å². The van der Waals surface area contributed by atoms with Crippen molar-refractivity contribution in [3.05, 3.63) is 29.8 Å². The Bertz CT molecular complexity index is 560. The third kappa shape index (κ3) is 6.71. The van der Waals surface area contributed by atoms with E-state index in [4.69, 9.17) is 10.00 Å². The second kappa shape index (κ2) is 8.78. The maximum atomic E-state index is 12.0. The fourth-order valence-corrected chi connectivity index (χ4v) is 2.73. The van der Waals surface area contributed by atoms with Crippen molar-refractivity contribution < 1.29 is 13.2 Å². The first-order valence-electron chi connectivity index (χ1n) is 6.99. The molecule has 0 aliphatic rings. The van der Waals surface area contributed by atoms with Crippen LogP contribution in [0.15, 0.2) is 29.2 Å². The summed E-state index contributed by atoms with van der Waals surface area (Å²) in [4.78, 5) is 0.215. The number of rotatable bonds is 9. The van der Waals surface area contributed by atoms with Gasteiger partial charge in [-0.3, -0.25) is 0 Å². The molecule has 1 aromatic carbocycles. The van der Waals surface area contributed by atoms with E-state index in [9.17, 15) is 8.42 Å². The van der Waals surface area contributed by atoms with Gasteiger partial charge in [-0.2, -0.15) is 5.26 Å². The predicted octanol–water partition coefficient (Wildman–Crippen LogP) is 2.09. The molecule has 0 aliphatic carbocycles. The van der Waals surface area contributed by atoms with Crippen molar-refractivity contribution in [2.75, 3.05) is 19.8 Å². The van der Waals surface area contributed by atoms with Gasteiger partial charge in [-0.1, -0.05) is 26.0 Å². The van der Waals surface area contributed by atoms with Crippen LogP contribution >= 0.6 is 0 Å². The molecule has 0 aromatic heterocycles. The first-order chi connectivity index (χ1) is 9.95. The van der Waals surface area contributed by atoms with E-state index < -0.39 is 10.0 Å². The number of benzene rings is 1. The largest absolute Gasteiger partial charge is 0.381 e. The molecular weight excluding hydrogens is 288 g/mol. The van der Waals surface area contributed by atoms with Gasteiger partial charge in [-0.25, -0.2) is 13.1 Å². The van der Waals surface area contributed by atoms with E-state index in [0.29, 0.717) is 32.1 Å². The second-order valence-corrected chi connectivity index (χ2v) is 6.97. The summed E-state index contributed by atoms with van der Waals surface area (Å²) in [6.07, 6.45) is 0.916. The van der Waals surface area contributed by atoms with E-state index in [1.165, 1.54) is 12.1 Å². The normalized spacial score (nSPS) is 11.5. The molecule has 0 heterocycles. The summed E-state index contributed by atoms with van der Waals surface area (Å²) < 4.78 is 32.0. The molecule has 0 radical (unpaired) electrons. The minimum atomic E-state index is -3.48. The molecule has 0 spiro atoms. The molecule has 0 saturated heterocycles. The van der Waals surface area contributed by atoms with Crippen molar-refractivity contribution in [2.45, 2.75) is 31.6 Å². The molecule has 0 fully saturated rings. The molecule has 0 unspecified atom stereocenters. The molecule has 0 atom stereocenters. The maximum absolute atomic E-state index is 12.0. The molecule has 1 rings (SSSR count). The Hall–Kier alpha value is -1.42. The summed E-state index contributed by atoms with van der Waals surface area (Å²) in [7, 11) is -3.48. The molecule has 6 heteroatoms. The third-order valence-corrected chi connectivity index (χ3v) is 4.20. The lowest BCUT2D eigenvalue weighted by Crippen LogP contribution is -2.25. The fourth-order valence-electron chi connectivity index (χ4n) is 1.66. The highest BCUT2D eigenvalue weighted by molar-refractivity contribution is 7.89. The van der Waals surface area contributed by atoms with Crippen molar-refractivity contribution in [1.29, 1.82) is 5.26 Å². The molecule has 0 aliphatic heterocycles. The van der Waals surface area contributed by atoms with Gasteiger partial charge in [0.25, 0.3) is 0 Å². The van der Waals surface area contributed by atoms with Crippen LogP contribution in [0.4, 0.5) is 0 Å². The Kier molecular flexibility index (Phi) is 7.37. The van der Waals surface area contributed by atoms with Crippen LogP contribution < -0.4 is 4.72 Å². The summed E-state index contributed by atoms with van der Waals surface area (Å²) in [5, 5.41) is 8.58. The molecule has 21 heavy (non-hydrogen) atoms. The Balaban J connectivity index is 2.41. The van der Waals surface area contributed by atoms with Gasteiger partial charge >= 0.3 is 0 Å². The smallest absolute Gasteiger partial charge is 0.240 e. The number of nitrogens with one attached hydrogen (secondary N) is 1. The molecule has 5 nitrogen and oxygen atoms in total. The van der Waals surface area contributed by atoms with Gasteiger partial charge in [0.15, 0.2) is 0 Å². The summed E-state index contributed by atoms with van der Waals surface area (Å²) in [6.45, 7) is 5.71. The second-order valence-electron chi connectivity index (χ2n) is 5.20. The highest BCUT2D eigenvalue weighted by Gasteiger charge is 2.12. The first-order valence-corrected chi connectivity index (χ1v) is 8.47. The Labute approximate surface area is 127 Å². The van der Waals surface area contributed by atoms with Crippen molar-refractivity contribution in [2.24, 2.45) is 5.92 Å². The zero-order chi connectivity index (χ0) is 15.7. The summed E-state index contributed by atoms with van der Waals surface area (Å²) in [5.41, 5.74) is 0.804. The summed E-state index contributed by atoms with van der Waals surface area (Å²) in [6, 6.07) is 8.37. The Morgan fingerprint density at radius 1 is 1.29 bits per heavy atom. The zero-order valence-corrected chi connectivity index (χ0v) is 13.3. The molecule has 0 bridgehead atoms. The highest BCUT2D eigenvalue weighted by Crippen LogP contribution is 2.10. The lowest BCUT2D eigenvalue weighted by atomic mass is 10.2. The predicted molar refractivity (Wildman–Crippen MR) is 81.2 cm³/mol. The van der Waals surface area contributed by atoms with Gasteiger partial charge in [-0.05, 0) is 30.0 Å². The SMILES string of the molecule is CC(C)COCCCNS(=O)(=O)c1ccc(CC#N)cc1. The third-order valence-electron chi connectivity index (χ3n) is 2.73. The molecule has 1 aromatic rings. The Morgan fingerprint density at radius 2 is 1.95 bits per heavy atom. The standard InChI is InChI=1S/C15H22N2O3S/c1-13(2)12-20-11-3-10-17-21(18,19)15-6-4-14(5-7-15)8-9-16/h4-7,13,17H,3,8,10-12H2,1-2H3. The van der Waals surface area contributed by atoms with Gasteiger partial charge in [0.2, 0.25) is 10.0 Å². The lowest BCUT2D eigenvalue weighted by molar-refractivity contribution is 0.108. The number of hydrogen-bond donors (Lipinski definition) is 1. The van der Waals surface area contributed by atoms with E-state index in [1.807, 2.05) is 6.07 Å². The fraction of sp³-hybridized carbons (Fsp3) is 0.533. The van der Waals surface area contributed by atoms with E-state index >= 15 is 0 Å². The minimum absolute atomic E-state index is 0.215. The average Bonchev–Trinajstić information content (AvgIpc) is 2.43. The van der Waals surface area contributed by atoms with Crippen LogP contribution in [0.25, 0.3) is 0 Å². The van der Waals surface area contributed by atoms with E-state index in [-0.39, 0.29) is 11.3 Å². The van der Waals surface area contributed by atoms with E-state index in [0.717, 1.165) is 5.56 Å². The molecule has 1 N–H and O–H groups in total. The summed E-state index contributed by atoms with van der Waals surface area (Å²) in [5.74, 6) is 0.480. The number of nitriles is 1. The van der Waals surface area contributed by atoms with Gasteiger partial charge in [0.05, 0.1) is 17.4 Å². The lowest BCUT2D eigenvalue weighted by Gasteiger charge is -2.08. The molecular formula is C15H22N2O3S. The molecule has 116 valence electrons. The highest BCUT2D eigenvalue weighted by atomic mass is 32.2. The van der Waals surface area contributed by atoms with Crippen LogP contribution in [-0.2, 0) is 21.2 Å². The van der Waals surface area contributed by atoms with Crippen molar-refractivity contribution in [1.82, 2.24) is 4.72 Å². The van der Waals surface area contributed by atoms with Crippen LogP contribution in [0, 0.1) is 17.2 Å². The van der Waals surface area contributed by atoms with Gasteiger partial charge in [-0.15, -0.1) is 0 Å². The van der Waals surface area contributed by atoms with E-state index in [2.05, 4.69) is 18.6 Å². The summed E-state index contributed by atoms with van der Waals surface area (Å²) >= 11 is 0. The maximum Gasteiger partial charge on any atom is 0.240 e.